The molecule has 0 fully saturated rings. The molecule has 0 bridgehead atoms. The average molecular weight is 255 g/mol. The Bertz CT molecular complexity index is 362. The third kappa shape index (κ3) is 6.06. The highest BCUT2D eigenvalue weighted by molar-refractivity contribution is 7.07. The van der Waals surface area contributed by atoms with Crippen LogP contribution in [0.3, 0.4) is 0 Å². The Labute approximate surface area is 105 Å². The largest absolute Gasteiger partial charge is 0.481 e. The summed E-state index contributed by atoms with van der Waals surface area (Å²) in [5, 5.41) is 15.2. The Balaban J connectivity index is 2.17. The van der Waals surface area contributed by atoms with Gasteiger partial charge in [0.2, 0.25) is 5.91 Å². The molecular formula is C12H17NO3S. The summed E-state index contributed by atoms with van der Waals surface area (Å²) in [4.78, 5) is 21.9. The van der Waals surface area contributed by atoms with E-state index in [2.05, 4.69) is 5.32 Å². The predicted octanol–water partition coefficient (Wildman–Crippen LogP) is 1.91. The molecule has 4 nitrogen and oxygen atoms in total. The fourth-order valence-corrected chi connectivity index (χ4v) is 2.07. The van der Waals surface area contributed by atoms with Gasteiger partial charge >= 0.3 is 5.97 Å². The normalized spacial score (nSPS) is 12.1. The van der Waals surface area contributed by atoms with Crippen LogP contribution < -0.4 is 5.32 Å². The van der Waals surface area contributed by atoms with Crippen LogP contribution in [0.1, 0.15) is 25.3 Å². The average Bonchev–Trinajstić information content (AvgIpc) is 2.76. The molecule has 1 amide bonds. The topological polar surface area (TPSA) is 66.4 Å². The second-order valence-electron chi connectivity index (χ2n) is 4.15. The van der Waals surface area contributed by atoms with Crippen LogP contribution in [0.25, 0.3) is 0 Å². The molecule has 1 unspecified atom stereocenters. The lowest BCUT2D eigenvalue weighted by molar-refractivity contribution is -0.137. The molecule has 1 atom stereocenters. The number of aliphatic carboxylic acids is 1. The fourth-order valence-electron chi connectivity index (χ4n) is 1.40. The standard InChI is InChI=1S/C12H17NO3S/c1-9(2-3-12(15)16)7-13-11(14)6-10-4-5-17-8-10/h4-5,8-9H,2-3,6-7H2,1H3,(H,13,14)(H,15,16). The van der Waals surface area contributed by atoms with Crippen LogP contribution in [0, 0.1) is 5.92 Å². The van der Waals surface area contributed by atoms with E-state index in [0.29, 0.717) is 19.4 Å². The monoisotopic (exact) mass is 255 g/mol. The van der Waals surface area contributed by atoms with Gasteiger partial charge in [0.1, 0.15) is 0 Å². The molecule has 0 saturated carbocycles. The first-order valence-corrected chi connectivity index (χ1v) is 6.51. The number of hydrogen-bond acceptors (Lipinski definition) is 3. The highest BCUT2D eigenvalue weighted by atomic mass is 32.1. The molecule has 0 saturated heterocycles. The Hall–Kier alpha value is -1.36. The number of hydrogen-bond donors (Lipinski definition) is 2. The van der Waals surface area contributed by atoms with Crippen molar-refractivity contribution < 1.29 is 14.7 Å². The van der Waals surface area contributed by atoms with Crippen molar-refractivity contribution in [1.29, 1.82) is 0 Å². The Kier molecular flexibility index (Phi) is 5.69. The predicted molar refractivity (Wildman–Crippen MR) is 67.1 cm³/mol. The number of thiophene rings is 1. The summed E-state index contributed by atoms with van der Waals surface area (Å²) in [6.45, 7) is 2.48. The smallest absolute Gasteiger partial charge is 0.303 e. The van der Waals surface area contributed by atoms with E-state index in [-0.39, 0.29) is 18.2 Å². The van der Waals surface area contributed by atoms with Crippen molar-refractivity contribution >= 4 is 23.2 Å². The van der Waals surface area contributed by atoms with Crippen LogP contribution in [-0.2, 0) is 16.0 Å². The number of amides is 1. The van der Waals surface area contributed by atoms with Gasteiger partial charge in [0, 0.05) is 13.0 Å². The first-order valence-electron chi connectivity index (χ1n) is 5.57. The second kappa shape index (κ2) is 7.06. The molecule has 0 aromatic carbocycles. The Morgan fingerprint density at radius 1 is 1.53 bits per heavy atom. The minimum atomic E-state index is -0.790. The van der Waals surface area contributed by atoms with Gasteiger partial charge in [0.25, 0.3) is 0 Å². The van der Waals surface area contributed by atoms with Crippen molar-refractivity contribution in [2.75, 3.05) is 6.54 Å². The number of nitrogens with one attached hydrogen (secondary N) is 1. The lowest BCUT2D eigenvalue weighted by atomic mass is 10.1. The Morgan fingerprint density at radius 2 is 2.29 bits per heavy atom. The summed E-state index contributed by atoms with van der Waals surface area (Å²) in [5.41, 5.74) is 1.02. The first-order chi connectivity index (χ1) is 8.08. The molecule has 1 aromatic rings. The molecule has 17 heavy (non-hydrogen) atoms. The van der Waals surface area contributed by atoms with Gasteiger partial charge in [0.05, 0.1) is 6.42 Å². The SMILES string of the molecule is CC(CCC(=O)O)CNC(=O)Cc1ccsc1. The molecule has 2 N–H and O–H groups in total. The van der Waals surface area contributed by atoms with Crippen LogP contribution in [-0.4, -0.2) is 23.5 Å². The van der Waals surface area contributed by atoms with Crippen molar-refractivity contribution in [3.63, 3.8) is 0 Å². The molecule has 1 aromatic heterocycles. The number of carboxylic acids is 1. The summed E-state index contributed by atoms with van der Waals surface area (Å²) in [7, 11) is 0. The fraction of sp³-hybridized carbons (Fsp3) is 0.500. The number of rotatable bonds is 7. The molecule has 1 heterocycles. The number of carboxylic acid groups (broad SMARTS) is 1. The summed E-state index contributed by atoms with van der Waals surface area (Å²) in [5.74, 6) is -0.607. The second-order valence-corrected chi connectivity index (χ2v) is 4.93. The van der Waals surface area contributed by atoms with Crippen molar-refractivity contribution in [3.8, 4) is 0 Å². The maximum Gasteiger partial charge on any atom is 0.303 e. The lowest BCUT2D eigenvalue weighted by Crippen LogP contribution is -2.29. The zero-order valence-corrected chi connectivity index (χ0v) is 10.6. The molecule has 0 aliphatic carbocycles. The van der Waals surface area contributed by atoms with E-state index in [4.69, 9.17) is 5.11 Å². The third-order valence-electron chi connectivity index (χ3n) is 2.44. The van der Waals surface area contributed by atoms with E-state index in [0.717, 1.165) is 5.56 Å². The Morgan fingerprint density at radius 3 is 2.88 bits per heavy atom. The number of carbonyl (C=O) groups is 2. The highest BCUT2D eigenvalue weighted by Gasteiger charge is 2.08. The number of carbonyl (C=O) groups excluding carboxylic acids is 1. The van der Waals surface area contributed by atoms with Crippen LogP contribution in [0.4, 0.5) is 0 Å². The zero-order valence-electron chi connectivity index (χ0n) is 9.81. The van der Waals surface area contributed by atoms with E-state index in [1.165, 1.54) is 0 Å². The maximum absolute atomic E-state index is 11.5. The van der Waals surface area contributed by atoms with E-state index in [9.17, 15) is 9.59 Å². The van der Waals surface area contributed by atoms with Crippen molar-refractivity contribution in [2.24, 2.45) is 5.92 Å². The van der Waals surface area contributed by atoms with Gasteiger partial charge < -0.3 is 10.4 Å². The summed E-state index contributed by atoms with van der Waals surface area (Å²) < 4.78 is 0. The van der Waals surface area contributed by atoms with Gasteiger partial charge in [-0.05, 0) is 34.7 Å². The van der Waals surface area contributed by atoms with Gasteiger partial charge in [-0.1, -0.05) is 6.92 Å². The van der Waals surface area contributed by atoms with Gasteiger partial charge in [-0.2, -0.15) is 11.3 Å². The minimum absolute atomic E-state index is 0.00873. The molecule has 94 valence electrons. The molecule has 0 aliphatic rings. The molecule has 1 rings (SSSR count). The quantitative estimate of drug-likeness (QED) is 0.782. The van der Waals surface area contributed by atoms with E-state index in [1.54, 1.807) is 11.3 Å². The minimum Gasteiger partial charge on any atom is -0.481 e. The van der Waals surface area contributed by atoms with Gasteiger partial charge in [-0.3, -0.25) is 9.59 Å². The maximum atomic E-state index is 11.5. The van der Waals surface area contributed by atoms with Crippen LogP contribution in [0.2, 0.25) is 0 Å². The van der Waals surface area contributed by atoms with Gasteiger partial charge in [-0.25, -0.2) is 0 Å². The molecule has 0 spiro atoms. The molecule has 0 radical (unpaired) electrons. The van der Waals surface area contributed by atoms with E-state index in [1.807, 2.05) is 23.8 Å². The first kappa shape index (κ1) is 13.7. The molecule has 5 heteroatoms. The van der Waals surface area contributed by atoms with Crippen molar-refractivity contribution in [2.45, 2.75) is 26.2 Å². The van der Waals surface area contributed by atoms with Gasteiger partial charge in [-0.15, -0.1) is 0 Å². The van der Waals surface area contributed by atoms with Crippen LogP contribution in [0.5, 0.6) is 0 Å². The third-order valence-corrected chi connectivity index (χ3v) is 3.18. The van der Waals surface area contributed by atoms with Crippen LogP contribution >= 0.6 is 11.3 Å². The van der Waals surface area contributed by atoms with E-state index >= 15 is 0 Å². The summed E-state index contributed by atoms with van der Waals surface area (Å²) in [6.07, 6.45) is 1.14. The molecular weight excluding hydrogens is 238 g/mol. The summed E-state index contributed by atoms with van der Waals surface area (Å²) >= 11 is 1.57. The van der Waals surface area contributed by atoms with E-state index < -0.39 is 5.97 Å². The lowest BCUT2D eigenvalue weighted by Gasteiger charge is -2.11. The van der Waals surface area contributed by atoms with Crippen LogP contribution in [0.15, 0.2) is 16.8 Å². The zero-order chi connectivity index (χ0) is 12.7. The highest BCUT2D eigenvalue weighted by Crippen LogP contribution is 2.07. The van der Waals surface area contributed by atoms with Crippen molar-refractivity contribution in [1.82, 2.24) is 5.32 Å². The molecule has 0 aliphatic heterocycles. The summed E-state index contributed by atoms with van der Waals surface area (Å²) in [6, 6.07) is 1.93. The van der Waals surface area contributed by atoms with Crippen molar-refractivity contribution in [3.05, 3.63) is 22.4 Å². The van der Waals surface area contributed by atoms with Gasteiger partial charge in [0.15, 0.2) is 0 Å².